The highest BCUT2D eigenvalue weighted by Gasteiger charge is 2.54. The normalized spacial score (nSPS) is 12.1. The molecule has 146 valence electrons. The number of benzene rings is 2. The zero-order valence-electron chi connectivity index (χ0n) is 15.1. The van der Waals surface area contributed by atoms with Crippen LogP contribution in [-0.4, -0.2) is 12.1 Å². The average Bonchev–Trinajstić information content (AvgIpc) is 2.59. The second-order valence-corrected chi connectivity index (χ2v) is 6.70. The molecule has 0 aromatic heterocycles. The number of hydrogen-bond acceptors (Lipinski definition) is 2. The fourth-order valence-electron chi connectivity index (χ4n) is 2.32. The topological polar surface area (TPSA) is 26.3 Å². The van der Waals surface area contributed by atoms with E-state index in [2.05, 4.69) is 4.74 Å². The standard InChI is InChI=1S/C20H19F5O2/c1-4-5-12-6-8-13(9-7-12)14-10-11-15(17(22)16(14)21)27-18(26)19(2,3)20(23,24)25/h6-11H,4-5H2,1-3H3. The third-order valence-electron chi connectivity index (χ3n) is 4.27. The molecule has 7 heteroatoms. The lowest BCUT2D eigenvalue weighted by atomic mass is 9.93. The number of alkyl halides is 3. The highest BCUT2D eigenvalue weighted by molar-refractivity contribution is 5.79. The SMILES string of the molecule is CCCc1ccc(-c2ccc(OC(=O)C(C)(C)C(F)(F)F)c(F)c2F)cc1. The van der Waals surface area contributed by atoms with E-state index in [1.165, 1.54) is 0 Å². The van der Waals surface area contributed by atoms with Crippen LogP contribution in [0.1, 0.15) is 32.8 Å². The van der Waals surface area contributed by atoms with Gasteiger partial charge in [-0.2, -0.15) is 17.6 Å². The van der Waals surface area contributed by atoms with Gasteiger partial charge in [0.15, 0.2) is 17.0 Å². The first-order chi connectivity index (χ1) is 12.5. The van der Waals surface area contributed by atoms with Crippen LogP contribution in [0.2, 0.25) is 0 Å². The first-order valence-corrected chi connectivity index (χ1v) is 8.35. The summed E-state index contributed by atoms with van der Waals surface area (Å²) in [4.78, 5) is 11.8. The first-order valence-electron chi connectivity index (χ1n) is 8.35. The van der Waals surface area contributed by atoms with E-state index in [1.807, 2.05) is 6.92 Å². The zero-order valence-corrected chi connectivity index (χ0v) is 15.1. The fraction of sp³-hybridized carbons (Fsp3) is 0.350. The summed E-state index contributed by atoms with van der Waals surface area (Å²) >= 11 is 0. The molecule has 0 aliphatic carbocycles. The zero-order chi connectivity index (χ0) is 20.4. The third-order valence-corrected chi connectivity index (χ3v) is 4.27. The van der Waals surface area contributed by atoms with E-state index in [1.54, 1.807) is 24.3 Å². The predicted octanol–water partition coefficient (Wildman–Crippen LogP) is 6.08. The van der Waals surface area contributed by atoms with Crippen LogP contribution in [0.15, 0.2) is 36.4 Å². The molecule has 0 aliphatic rings. The Morgan fingerprint density at radius 2 is 1.56 bits per heavy atom. The molecular weight excluding hydrogens is 367 g/mol. The van der Waals surface area contributed by atoms with Crippen molar-refractivity contribution in [3.8, 4) is 16.9 Å². The molecular formula is C20H19F5O2. The summed E-state index contributed by atoms with van der Waals surface area (Å²) in [6, 6.07) is 8.93. The lowest BCUT2D eigenvalue weighted by molar-refractivity contribution is -0.219. The molecule has 0 atom stereocenters. The molecule has 0 aliphatic heterocycles. The van der Waals surface area contributed by atoms with E-state index < -0.39 is 34.9 Å². The van der Waals surface area contributed by atoms with E-state index >= 15 is 0 Å². The minimum atomic E-state index is -4.89. The second kappa shape index (κ2) is 7.66. The molecule has 0 amide bonds. The summed E-state index contributed by atoms with van der Waals surface area (Å²) in [5.41, 5.74) is -1.49. The molecule has 2 aromatic carbocycles. The van der Waals surface area contributed by atoms with E-state index in [4.69, 9.17) is 0 Å². The highest BCUT2D eigenvalue weighted by atomic mass is 19.4. The maximum absolute atomic E-state index is 14.4. The van der Waals surface area contributed by atoms with Gasteiger partial charge in [-0.05, 0) is 43.5 Å². The Hall–Kier alpha value is -2.44. The van der Waals surface area contributed by atoms with Crippen LogP contribution in [0.25, 0.3) is 11.1 Å². The summed E-state index contributed by atoms with van der Waals surface area (Å²) < 4.78 is 71.7. The Bertz CT molecular complexity index is 824. The van der Waals surface area contributed by atoms with Gasteiger partial charge in [0.1, 0.15) is 0 Å². The van der Waals surface area contributed by atoms with Crippen molar-refractivity contribution in [3.63, 3.8) is 0 Å². The van der Waals surface area contributed by atoms with Gasteiger partial charge in [-0.1, -0.05) is 37.6 Å². The second-order valence-electron chi connectivity index (χ2n) is 6.70. The summed E-state index contributed by atoms with van der Waals surface area (Å²) in [5, 5.41) is 0. The minimum absolute atomic E-state index is 0.0783. The Morgan fingerprint density at radius 3 is 2.07 bits per heavy atom. The van der Waals surface area contributed by atoms with Gasteiger partial charge in [-0.15, -0.1) is 0 Å². The number of hydrogen-bond donors (Lipinski definition) is 0. The van der Waals surface area contributed by atoms with Crippen LogP contribution in [0, 0.1) is 17.0 Å². The first kappa shape index (κ1) is 20.9. The van der Waals surface area contributed by atoms with E-state index in [9.17, 15) is 26.7 Å². The van der Waals surface area contributed by atoms with E-state index in [0.29, 0.717) is 19.4 Å². The summed E-state index contributed by atoms with van der Waals surface area (Å²) in [5.74, 6) is -5.42. The summed E-state index contributed by atoms with van der Waals surface area (Å²) in [6.45, 7) is 3.23. The van der Waals surface area contributed by atoms with Gasteiger partial charge in [0, 0.05) is 5.56 Å². The molecule has 0 saturated heterocycles. The summed E-state index contributed by atoms with van der Waals surface area (Å²) in [7, 11) is 0. The van der Waals surface area contributed by atoms with Gasteiger partial charge in [-0.25, -0.2) is 4.39 Å². The molecule has 0 bridgehead atoms. The molecule has 27 heavy (non-hydrogen) atoms. The quantitative estimate of drug-likeness (QED) is 0.354. The monoisotopic (exact) mass is 386 g/mol. The lowest BCUT2D eigenvalue weighted by Crippen LogP contribution is -2.42. The van der Waals surface area contributed by atoms with Crippen molar-refractivity contribution in [2.75, 3.05) is 0 Å². The molecule has 0 radical (unpaired) electrons. The van der Waals surface area contributed by atoms with Crippen LogP contribution >= 0.6 is 0 Å². The molecule has 2 aromatic rings. The number of carbonyl (C=O) groups is 1. The highest BCUT2D eigenvalue weighted by Crippen LogP contribution is 2.39. The van der Waals surface area contributed by atoms with Gasteiger partial charge in [0.05, 0.1) is 0 Å². The molecule has 0 N–H and O–H groups in total. The van der Waals surface area contributed by atoms with Crippen LogP contribution < -0.4 is 4.74 Å². The molecule has 0 spiro atoms. The third kappa shape index (κ3) is 4.28. The Balaban J connectivity index is 2.31. The van der Waals surface area contributed by atoms with Crippen molar-refractivity contribution >= 4 is 5.97 Å². The predicted molar refractivity (Wildman–Crippen MR) is 91.3 cm³/mol. The van der Waals surface area contributed by atoms with E-state index in [-0.39, 0.29) is 5.56 Å². The fourth-order valence-corrected chi connectivity index (χ4v) is 2.32. The number of esters is 1. The number of rotatable bonds is 5. The minimum Gasteiger partial charge on any atom is -0.423 e. The number of carbonyl (C=O) groups excluding carboxylic acids is 1. The molecule has 0 fully saturated rings. The molecule has 0 heterocycles. The lowest BCUT2D eigenvalue weighted by Gasteiger charge is -2.25. The van der Waals surface area contributed by atoms with Crippen LogP contribution in [-0.2, 0) is 11.2 Å². The Labute approximate surface area is 154 Å². The Kier molecular flexibility index (Phi) is 5.92. The maximum atomic E-state index is 14.4. The molecule has 2 nitrogen and oxygen atoms in total. The van der Waals surface area contributed by atoms with Gasteiger partial charge < -0.3 is 4.74 Å². The van der Waals surface area contributed by atoms with Crippen molar-refractivity contribution in [2.24, 2.45) is 5.41 Å². The van der Waals surface area contributed by atoms with Gasteiger partial charge in [0.25, 0.3) is 0 Å². The van der Waals surface area contributed by atoms with Crippen molar-refractivity contribution in [3.05, 3.63) is 53.6 Å². The molecule has 0 saturated carbocycles. The Morgan fingerprint density at radius 1 is 0.963 bits per heavy atom. The van der Waals surface area contributed by atoms with Gasteiger partial charge >= 0.3 is 12.1 Å². The average molecular weight is 386 g/mol. The molecule has 0 unspecified atom stereocenters. The van der Waals surface area contributed by atoms with Crippen molar-refractivity contribution in [2.45, 2.75) is 39.8 Å². The largest absolute Gasteiger partial charge is 0.423 e. The summed E-state index contributed by atoms with van der Waals surface area (Å²) in [6.07, 6.45) is -3.10. The van der Waals surface area contributed by atoms with Crippen molar-refractivity contribution in [1.82, 2.24) is 0 Å². The smallest absolute Gasteiger partial charge is 0.404 e. The number of ether oxygens (including phenoxy) is 1. The maximum Gasteiger partial charge on any atom is 0.404 e. The van der Waals surface area contributed by atoms with E-state index in [0.717, 1.165) is 30.5 Å². The van der Waals surface area contributed by atoms with Crippen LogP contribution in [0.3, 0.4) is 0 Å². The van der Waals surface area contributed by atoms with Crippen molar-refractivity contribution in [1.29, 1.82) is 0 Å². The van der Waals surface area contributed by atoms with Crippen LogP contribution in [0.5, 0.6) is 5.75 Å². The van der Waals surface area contributed by atoms with Crippen LogP contribution in [0.4, 0.5) is 22.0 Å². The van der Waals surface area contributed by atoms with Crippen molar-refractivity contribution < 1.29 is 31.5 Å². The molecule has 2 rings (SSSR count). The number of halogens is 5. The van der Waals surface area contributed by atoms with Gasteiger partial charge in [-0.3, -0.25) is 4.79 Å². The van der Waals surface area contributed by atoms with Gasteiger partial charge in [0.2, 0.25) is 5.82 Å². The number of aryl methyl sites for hydroxylation is 1.